The van der Waals surface area contributed by atoms with Gasteiger partial charge >= 0.3 is 11.4 Å². The second kappa shape index (κ2) is 9.76. The van der Waals surface area contributed by atoms with Gasteiger partial charge in [-0.1, -0.05) is 18.2 Å². The van der Waals surface area contributed by atoms with Crippen LogP contribution in [-0.2, 0) is 24.2 Å². The maximum atomic E-state index is 12.6. The van der Waals surface area contributed by atoms with Gasteiger partial charge in [0.2, 0.25) is 0 Å². The smallest absolute Gasteiger partial charge is 0.353 e. The molecule has 3 aliphatic heterocycles. The molecule has 2 aromatic rings. The van der Waals surface area contributed by atoms with E-state index in [9.17, 15) is 9.59 Å². The van der Waals surface area contributed by atoms with Crippen molar-refractivity contribution in [3.63, 3.8) is 0 Å². The Labute approximate surface area is 199 Å². The molecule has 0 saturated carbocycles. The standard InChI is InChI=1S/C25H34N4O3S/c1-3-27-17(2)26-24(30)29(25(27)31)12-6-11-28-19-9-10-20(28)15-21(14-19)32-16-22-13-18-7-4-5-8-23(18)33-22/h4-5,7-8,19-22H,3,6,9-16H2,1-2H3. The lowest BCUT2D eigenvalue weighted by molar-refractivity contribution is -0.0194. The normalized spacial score (nSPS) is 26.6. The molecular weight excluding hydrogens is 436 g/mol. The highest BCUT2D eigenvalue weighted by Crippen LogP contribution is 2.39. The van der Waals surface area contributed by atoms with Crippen LogP contribution in [0, 0.1) is 6.92 Å². The molecule has 2 saturated heterocycles. The molecular formula is C25H34N4O3S. The predicted molar refractivity (Wildman–Crippen MR) is 130 cm³/mol. The lowest BCUT2D eigenvalue weighted by Crippen LogP contribution is -2.47. The number of benzene rings is 1. The Morgan fingerprint density at radius 2 is 1.85 bits per heavy atom. The van der Waals surface area contributed by atoms with Crippen LogP contribution in [0.1, 0.15) is 50.4 Å². The lowest BCUT2D eigenvalue weighted by Gasteiger charge is -2.39. The molecule has 1 aromatic heterocycles. The summed E-state index contributed by atoms with van der Waals surface area (Å²) in [4.78, 5) is 32.9. The molecule has 7 nitrogen and oxygen atoms in total. The van der Waals surface area contributed by atoms with E-state index in [0.29, 0.717) is 42.4 Å². The Bertz CT molecular complexity index is 1070. The van der Waals surface area contributed by atoms with Crippen LogP contribution in [0.3, 0.4) is 0 Å². The zero-order valence-corrected chi connectivity index (χ0v) is 20.4. The number of hydrogen-bond acceptors (Lipinski definition) is 6. The third-order valence-electron chi connectivity index (χ3n) is 7.53. The third kappa shape index (κ3) is 4.70. The summed E-state index contributed by atoms with van der Waals surface area (Å²) in [6.07, 6.45) is 6.89. The average Bonchev–Trinajstić information content (AvgIpc) is 3.31. The molecule has 3 atom stereocenters. The van der Waals surface area contributed by atoms with Gasteiger partial charge in [0.25, 0.3) is 0 Å². The summed E-state index contributed by atoms with van der Waals surface area (Å²) < 4.78 is 9.29. The molecule has 5 rings (SSSR count). The molecule has 0 radical (unpaired) electrons. The van der Waals surface area contributed by atoms with Gasteiger partial charge in [-0.25, -0.2) is 14.2 Å². The molecule has 2 bridgehead atoms. The Morgan fingerprint density at radius 1 is 1.09 bits per heavy atom. The van der Waals surface area contributed by atoms with E-state index >= 15 is 0 Å². The van der Waals surface area contributed by atoms with Crippen molar-refractivity contribution in [2.24, 2.45) is 0 Å². The van der Waals surface area contributed by atoms with Gasteiger partial charge in [-0.05, 0) is 64.0 Å². The first-order valence-corrected chi connectivity index (χ1v) is 13.2. The van der Waals surface area contributed by atoms with E-state index in [0.717, 1.165) is 38.8 Å². The van der Waals surface area contributed by atoms with Crippen LogP contribution in [0.25, 0.3) is 0 Å². The number of nitrogens with zero attached hydrogens (tertiary/aromatic N) is 4. The predicted octanol–water partition coefficient (Wildman–Crippen LogP) is 2.85. The summed E-state index contributed by atoms with van der Waals surface area (Å²) in [5.41, 5.74) is 0.792. The zero-order valence-electron chi connectivity index (χ0n) is 19.6. The Balaban J connectivity index is 1.11. The summed E-state index contributed by atoms with van der Waals surface area (Å²) in [6, 6.07) is 9.82. The summed E-state index contributed by atoms with van der Waals surface area (Å²) >= 11 is 1.96. The van der Waals surface area contributed by atoms with Crippen LogP contribution in [0.4, 0.5) is 0 Å². The zero-order chi connectivity index (χ0) is 22.9. The molecule has 0 spiro atoms. The Morgan fingerprint density at radius 3 is 2.58 bits per heavy atom. The Kier molecular flexibility index (Phi) is 6.77. The van der Waals surface area contributed by atoms with E-state index in [1.54, 1.807) is 11.5 Å². The van der Waals surface area contributed by atoms with E-state index in [2.05, 4.69) is 34.1 Å². The molecule has 1 aromatic carbocycles. The molecule has 8 heteroatoms. The molecule has 178 valence electrons. The number of fused-ring (bicyclic) bond motifs is 3. The summed E-state index contributed by atoms with van der Waals surface area (Å²) in [6.45, 7) is 6.32. The van der Waals surface area contributed by atoms with Gasteiger partial charge in [-0.15, -0.1) is 11.8 Å². The van der Waals surface area contributed by atoms with E-state index in [4.69, 9.17) is 4.74 Å². The van der Waals surface area contributed by atoms with E-state index < -0.39 is 5.69 Å². The van der Waals surface area contributed by atoms with Gasteiger partial charge in [0.05, 0.1) is 12.7 Å². The lowest BCUT2D eigenvalue weighted by atomic mass is 9.99. The maximum absolute atomic E-state index is 12.6. The fourth-order valence-corrected chi connectivity index (χ4v) is 7.14. The minimum Gasteiger partial charge on any atom is -0.377 e. The van der Waals surface area contributed by atoms with E-state index in [1.807, 2.05) is 18.7 Å². The van der Waals surface area contributed by atoms with Crippen molar-refractivity contribution in [3.8, 4) is 0 Å². The molecule has 0 aliphatic carbocycles. The molecule has 0 N–H and O–H groups in total. The number of piperidine rings is 1. The first kappa shape index (κ1) is 22.9. The van der Waals surface area contributed by atoms with Crippen molar-refractivity contribution in [3.05, 3.63) is 56.6 Å². The van der Waals surface area contributed by atoms with Crippen LogP contribution in [-0.4, -0.2) is 55.6 Å². The molecule has 0 amide bonds. The number of hydrogen-bond donors (Lipinski definition) is 0. The molecule has 4 heterocycles. The highest BCUT2D eigenvalue weighted by molar-refractivity contribution is 8.00. The van der Waals surface area contributed by atoms with Gasteiger partial charge < -0.3 is 4.74 Å². The first-order valence-electron chi connectivity index (χ1n) is 12.3. The fourth-order valence-electron chi connectivity index (χ4n) is 5.91. The van der Waals surface area contributed by atoms with E-state index in [-0.39, 0.29) is 5.69 Å². The molecule has 3 aliphatic rings. The SMILES string of the molecule is CCn1c(C)nc(=O)n(CCCN2C3CCC2CC(OCC2Cc4ccccc4S2)C3)c1=O. The average molecular weight is 471 g/mol. The van der Waals surface area contributed by atoms with Crippen LogP contribution in [0.2, 0.25) is 0 Å². The van der Waals surface area contributed by atoms with Gasteiger partial charge in [0.1, 0.15) is 5.82 Å². The monoisotopic (exact) mass is 470 g/mol. The molecule has 3 unspecified atom stereocenters. The van der Waals surface area contributed by atoms with Crippen molar-refractivity contribution in [1.29, 1.82) is 0 Å². The van der Waals surface area contributed by atoms with Crippen molar-refractivity contribution in [2.45, 2.75) is 93.8 Å². The topological polar surface area (TPSA) is 69.4 Å². The van der Waals surface area contributed by atoms with Crippen LogP contribution in [0.5, 0.6) is 0 Å². The second-order valence-corrected chi connectivity index (χ2v) is 10.9. The second-order valence-electron chi connectivity index (χ2n) is 9.57. The van der Waals surface area contributed by atoms with Crippen molar-refractivity contribution in [1.82, 2.24) is 19.0 Å². The minimum absolute atomic E-state index is 0.239. The maximum Gasteiger partial charge on any atom is 0.353 e. The fraction of sp³-hybridized carbons (Fsp3) is 0.640. The minimum atomic E-state index is -0.427. The summed E-state index contributed by atoms with van der Waals surface area (Å²) in [5, 5.41) is 0.534. The summed E-state index contributed by atoms with van der Waals surface area (Å²) in [7, 11) is 0. The molecule has 33 heavy (non-hydrogen) atoms. The van der Waals surface area contributed by atoms with Gasteiger partial charge in [0, 0.05) is 41.9 Å². The number of thioether (sulfide) groups is 1. The third-order valence-corrected chi connectivity index (χ3v) is 8.82. The summed E-state index contributed by atoms with van der Waals surface area (Å²) in [5.74, 6) is 0.490. The quantitative estimate of drug-likeness (QED) is 0.591. The molecule has 2 fully saturated rings. The van der Waals surface area contributed by atoms with Crippen LogP contribution < -0.4 is 11.4 Å². The highest BCUT2D eigenvalue weighted by Gasteiger charge is 2.41. The van der Waals surface area contributed by atoms with Gasteiger partial charge in [0.15, 0.2) is 0 Å². The largest absolute Gasteiger partial charge is 0.377 e. The highest BCUT2D eigenvalue weighted by atomic mass is 32.2. The van der Waals surface area contributed by atoms with Gasteiger partial charge in [-0.3, -0.25) is 9.47 Å². The number of aryl methyl sites for hydroxylation is 1. The Hall–Kier alpha value is -1.90. The number of rotatable bonds is 8. The van der Waals surface area contributed by atoms with Crippen molar-refractivity contribution < 1.29 is 4.74 Å². The number of ether oxygens (including phenoxy) is 1. The van der Waals surface area contributed by atoms with Crippen LogP contribution >= 0.6 is 11.8 Å². The van der Waals surface area contributed by atoms with Gasteiger partial charge in [-0.2, -0.15) is 4.98 Å². The van der Waals surface area contributed by atoms with Crippen molar-refractivity contribution >= 4 is 11.8 Å². The van der Waals surface area contributed by atoms with Crippen molar-refractivity contribution in [2.75, 3.05) is 13.2 Å². The first-order chi connectivity index (χ1) is 16.0. The number of aromatic nitrogens is 3. The van der Waals surface area contributed by atoms with Crippen LogP contribution in [0.15, 0.2) is 38.8 Å². The van der Waals surface area contributed by atoms with E-state index in [1.165, 1.54) is 27.9 Å².